The molecule has 1 atom stereocenters. The van der Waals surface area contributed by atoms with Crippen LogP contribution >= 0.6 is 0 Å². The lowest BCUT2D eigenvalue weighted by atomic mass is 9.81. The maximum atomic E-state index is 12.7. The van der Waals surface area contributed by atoms with E-state index in [4.69, 9.17) is 9.16 Å². The molecule has 0 saturated heterocycles. The summed E-state index contributed by atoms with van der Waals surface area (Å²) in [7, 11) is -1.71. The fourth-order valence-electron chi connectivity index (χ4n) is 4.62. The van der Waals surface area contributed by atoms with Crippen molar-refractivity contribution in [2.45, 2.75) is 117 Å². The number of carbonyl (C=O) groups excluding carboxylic acids is 1. The molecule has 0 bridgehead atoms. The van der Waals surface area contributed by atoms with Gasteiger partial charge in [-0.25, -0.2) is 0 Å². The van der Waals surface area contributed by atoms with Gasteiger partial charge in [0, 0.05) is 6.61 Å². The molecule has 3 nitrogen and oxygen atoms in total. The van der Waals surface area contributed by atoms with E-state index >= 15 is 0 Å². The Labute approximate surface area is 189 Å². The van der Waals surface area contributed by atoms with Gasteiger partial charge in [0.2, 0.25) is 0 Å². The molecule has 0 N–H and O–H groups in total. The van der Waals surface area contributed by atoms with Crippen LogP contribution in [0.25, 0.3) is 0 Å². The predicted molar refractivity (Wildman–Crippen MR) is 136 cm³/mol. The molecule has 0 saturated carbocycles. The van der Waals surface area contributed by atoms with Crippen molar-refractivity contribution in [2.24, 2.45) is 5.41 Å². The first kappa shape index (κ1) is 29.4. The van der Waals surface area contributed by atoms with E-state index < -0.39 is 21.8 Å². The lowest BCUT2D eigenvalue weighted by Gasteiger charge is -2.43. The quantitative estimate of drug-likeness (QED) is 0.161. The van der Waals surface area contributed by atoms with Gasteiger partial charge in [-0.15, -0.1) is 5.73 Å². The van der Waals surface area contributed by atoms with Gasteiger partial charge in [0.15, 0.2) is 8.32 Å². The maximum absolute atomic E-state index is 12.7. The van der Waals surface area contributed by atoms with E-state index in [-0.39, 0.29) is 5.97 Å². The summed E-state index contributed by atoms with van der Waals surface area (Å²) >= 11 is 0. The average Bonchev–Trinajstić information content (AvgIpc) is 2.62. The first-order valence-electron chi connectivity index (χ1n) is 11.8. The van der Waals surface area contributed by atoms with Gasteiger partial charge in [-0.2, -0.15) is 0 Å². The summed E-state index contributed by atoms with van der Waals surface area (Å²) < 4.78 is 11.9. The minimum absolute atomic E-state index is 0.123. The fourth-order valence-corrected chi connectivity index (χ4v) is 10.7. The Morgan fingerprint density at radius 1 is 1.00 bits per heavy atom. The number of methoxy groups -OCH3 is 1. The molecule has 0 rings (SSSR count). The molecule has 0 aliphatic rings. The van der Waals surface area contributed by atoms with E-state index in [0.717, 1.165) is 19.3 Å². The number of ether oxygens (including phenoxy) is 1. The standard InChI is InChI=1S/C25H50O3Si2/c1-13-23(15-19-29(10,11)12)14-16-25(8,24(26)27-9)17-18-28-30(20(2)3,21(4)5)22(6)7/h19-22H,13-14,16-18H2,1-12H3/t15?,25-/m1/s1. The number of hydrogen-bond acceptors (Lipinski definition) is 3. The van der Waals surface area contributed by atoms with Crippen molar-refractivity contribution < 1.29 is 14.0 Å². The molecule has 5 heteroatoms. The van der Waals surface area contributed by atoms with Gasteiger partial charge in [0.25, 0.3) is 0 Å². The molecule has 0 spiro atoms. The summed E-state index contributed by atoms with van der Waals surface area (Å²) in [5.41, 5.74) is 8.22. The molecule has 30 heavy (non-hydrogen) atoms. The molecule has 0 fully saturated rings. The molecule has 0 amide bonds. The summed E-state index contributed by atoms with van der Waals surface area (Å²) in [4.78, 5) is 12.7. The van der Waals surface area contributed by atoms with Crippen molar-refractivity contribution in [1.82, 2.24) is 0 Å². The normalized spacial score (nSPS) is 14.6. The van der Waals surface area contributed by atoms with Gasteiger partial charge < -0.3 is 9.16 Å². The second-order valence-electron chi connectivity index (χ2n) is 11.1. The summed E-state index contributed by atoms with van der Waals surface area (Å²) in [6, 6.07) is 0. The number of hydrogen-bond donors (Lipinski definition) is 0. The minimum atomic E-state index is -1.93. The zero-order valence-corrected chi connectivity index (χ0v) is 24.1. The SMILES string of the molecule is CCC(=C=C[Si](C)(C)C)CC[C@](C)(CCO[Si](C(C)C)(C(C)C)C(C)C)C(=O)OC. The molecule has 0 aliphatic carbocycles. The van der Waals surface area contributed by atoms with Gasteiger partial charge >= 0.3 is 5.97 Å². The van der Waals surface area contributed by atoms with Crippen molar-refractivity contribution in [3.63, 3.8) is 0 Å². The van der Waals surface area contributed by atoms with Crippen LogP contribution in [0, 0.1) is 5.41 Å². The number of carbonyl (C=O) groups is 1. The monoisotopic (exact) mass is 454 g/mol. The molecule has 0 aliphatic heterocycles. The zero-order valence-electron chi connectivity index (χ0n) is 22.1. The first-order valence-corrected chi connectivity index (χ1v) is 17.6. The molecule has 0 heterocycles. The fraction of sp³-hybridized carbons (Fsp3) is 0.840. The van der Waals surface area contributed by atoms with Crippen molar-refractivity contribution in [3.8, 4) is 0 Å². The van der Waals surface area contributed by atoms with Crippen LogP contribution in [-0.2, 0) is 14.0 Å². The Balaban J connectivity index is 5.46. The zero-order chi connectivity index (χ0) is 23.8. The third-order valence-electron chi connectivity index (χ3n) is 6.51. The van der Waals surface area contributed by atoms with Gasteiger partial charge in [-0.1, -0.05) is 73.8 Å². The number of rotatable bonds is 13. The smallest absolute Gasteiger partial charge is 0.311 e. The summed E-state index contributed by atoms with van der Waals surface area (Å²) in [6.45, 7) is 25.6. The van der Waals surface area contributed by atoms with Crippen molar-refractivity contribution in [2.75, 3.05) is 13.7 Å². The van der Waals surface area contributed by atoms with Crippen LogP contribution in [0.3, 0.4) is 0 Å². The predicted octanol–water partition coefficient (Wildman–Crippen LogP) is 7.90. The largest absolute Gasteiger partial charge is 0.469 e. The molecule has 0 aromatic rings. The Hall–Kier alpha value is -0.616. The lowest BCUT2D eigenvalue weighted by molar-refractivity contribution is -0.153. The van der Waals surface area contributed by atoms with Crippen LogP contribution in [0.15, 0.2) is 17.0 Å². The van der Waals surface area contributed by atoms with Gasteiger partial charge in [-0.3, -0.25) is 4.79 Å². The molecule has 0 unspecified atom stereocenters. The van der Waals surface area contributed by atoms with Gasteiger partial charge in [0.05, 0.1) is 20.6 Å². The Bertz CT molecular complexity index is 574. The third kappa shape index (κ3) is 8.49. The highest BCUT2D eigenvalue weighted by Gasteiger charge is 2.45. The lowest BCUT2D eigenvalue weighted by Crippen LogP contribution is -2.48. The Kier molecular flexibility index (Phi) is 12.2. The highest BCUT2D eigenvalue weighted by molar-refractivity contribution is 6.80. The minimum Gasteiger partial charge on any atom is -0.469 e. The van der Waals surface area contributed by atoms with E-state index in [1.165, 1.54) is 12.7 Å². The van der Waals surface area contributed by atoms with E-state index in [2.05, 4.69) is 79.5 Å². The van der Waals surface area contributed by atoms with Crippen LogP contribution in [0.2, 0.25) is 36.3 Å². The van der Waals surface area contributed by atoms with Crippen molar-refractivity contribution in [1.29, 1.82) is 0 Å². The molecular formula is C25H50O3Si2. The van der Waals surface area contributed by atoms with E-state index in [1.54, 1.807) is 0 Å². The highest BCUT2D eigenvalue weighted by atomic mass is 28.4. The van der Waals surface area contributed by atoms with E-state index in [0.29, 0.717) is 29.7 Å². The van der Waals surface area contributed by atoms with E-state index in [9.17, 15) is 4.79 Å². The molecule has 176 valence electrons. The maximum Gasteiger partial charge on any atom is 0.311 e. The second kappa shape index (κ2) is 12.4. The van der Waals surface area contributed by atoms with E-state index in [1.807, 2.05) is 6.92 Å². The summed E-state index contributed by atoms with van der Waals surface area (Å²) in [5.74, 6) is -0.123. The molecular weight excluding hydrogens is 404 g/mol. The van der Waals surface area contributed by atoms with Crippen LogP contribution in [0.1, 0.15) is 81.1 Å². The molecule has 0 radical (unpaired) electrons. The first-order chi connectivity index (χ1) is 13.7. The average molecular weight is 455 g/mol. The number of esters is 1. The second-order valence-corrected chi connectivity index (χ2v) is 21.6. The highest BCUT2D eigenvalue weighted by Crippen LogP contribution is 2.43. The molecule has 0 aromatic heterocycles. The number of allylic oxidation sites excluding steroid dienone is 1. The van der Waals surface area contributed by atoms with Crippen LogP contribution < -0.4 is 0 Å². The van der Waals surface area contributed by atoms with Crippen LogP contribution in [-0.4, -0.2) is 36.1 Å². The van der Waals surface area contributed by atoms with Gasteiger partial charge in [0.1, 0.15) is 0 Å². The van der Waals surface area contributed by atoms with Gasteiger partial charge in [-0.05, 0) is 54.8 Å². The van der Waals surface area contributed by atoms with Crippen molar-refractivity contribution >= 4 is 22.4 Å². The van der Waals surface area contributed by atoms with Crippen molar-refractivity contribution in [3.05, 3.63) is 17.0 Å². The topological polar surface area (TPSA) is 35.5 Å². The van der Waals surface area contributed by atoms with Crippen LogP contribution in [0.4, 0.5) is 0 Å². The Morgan fingerprint density at radius 2 is 1.50 bits per heavy atom. The molecule has 0 aromatic carbocycles. The third-order valence-corrected chi connectivity index (χ3v) is 13.6. The summed E-state index contributed by atoms with van der Waals surface area (Å²) in [5, 5.41) is 0. The Morgan fingerprint density at radius 3 is 1.87 bits per heavy atom. The van der Waals surface area contributed by atoms with Crippen LogP contribution in [0.5, 0.6) is 0 Å². The summed E-state index contributed by atoms with van der Waals surface area (Å²) in [6.07, 6.45) is 3.33.